The van der Waals surface area contributed by atoms with Crippen LogP contribution in [-0.2, 0) is 0 Å². The second-order valence-electron chi connectivity index (χ2n) is 3.51. The highest BCUT2D eigenvalue weighted by Crippen LogP contribution is 2.34. The molecular weight excluding hydrogens is 312 g/mol. The first kappa shape index (κ1) is 13.0. The maximum atomic E-state index is 8.78. The van der Waals surface area contributed by atoms with Crippen LogP contribution in [0.15, 0.2) is 68.0 Å². The normalized spacial score (nSPS) is 11.5. The van der Waals surface area contributed by atoms with E-state index in [1.165, 1.54) is 0 Å². The van der Waals surface area contributed by atoms with Gasteiger partial charge in [-0.1, -0.05) is 47.2 Å². The molecule has 2 rings (SSSR count). The molecule has 2 aromatic carbocycles. The summed E-state index contributed by atoms with van der Waals surface area (Å²) in [4.78, 5) is 2.02. The fourth-order valence-electron chi connectivity index (χ4n) is 1.47. The van der Waals surface area contributed by atoms with E-state index in [4.69, 9.17) is 10.9 Å². The number of oxime groups is 1. The van der Waals surface area contributed by atoms with E-state index in [2.05, 4.69) is 21.1 Å². The molecule has 0 radical (unpaired) electrons. The molecule has 0 spiro atoms. The molecule has 0 amide bonds. The third-order valence-corrected chi connectivity index (χ3v) is 4.43. The largest absolute Gasteiger partial charge is 0.409 e. The summed E-state index contributed by atoms with van der Waals surface area (Å²) in [5, 5.41) is 11.8. The topological polar surface area (TPSA) is 58.6 Å². The lowest BCUT2D eigenvalue weighted by Crippen LogP contribution is -2.13. The Balaban J connectivity index is 2.38. The van der Waals surface area contributed by atoms with Gasteiger partial charge in [-0.25, -0.2) is 0 Å². The third kappa shape index (κ3) is 2.86. The van der Waals surface area contributed by atoms with Crippen molar-refractivity contribution in [1.29, 1.82) is 0 Å². The van der Waals surface area contributed by atoms with E-state index in [-0.39, 0.29) is 5.84 Å². The van der Waals surface area contributed by atoms with Crippen LogP contribution in [0.1, 0.15) is 5.56 Å². The first-order valence-corrected chi connectivity index (χ1v) is 6.82. The minimum absolute atomic E-state index is 0.116. The number of amidine groups is 1. The van der Waals surface area contributed by atoms with Gasteiger partial charge in [0.1, 0.15) is 0 Å². The van der Waals surface area contributed by atoms with Crippen LogP contribution >= 0.6 is 27.7 Å². The summed E-state index contributed by atoms with van der Waals surface area (Å²) in [7, 11) is 0. The number of halogens is 1. The van der Waals surface area contributed by atoms with Crippen LogP contribution in [-0.4, -0.2) is 11.0 Å². The highest BCUT2D eigenvalue weighted by molar-refractivity contribution is 9.10. The molecule has 0 saturated carbocycles. The van der Waals surface area contributed by atoms with Gasteiger partial charge < -0.3 is 10.9 Å². The average Bonchev–Trinajstić information content (AvgIpc) is 2.41. The van der Waals surface area contributed by atoms with E-state index in [9.17, 15) is 0 Å². The fraction of sp³-hybridized carbons (Fsp3) is 0. The quantitative estimate of drug-likeness (QED) is 0.392. The zero-order valence-corrected chi connectivity index (χ0v) is 11.8. The van der Waals surface area contributed by atoms with Crippen molar-refractivity contribution in [2.75, 3.05) is 0 Å². The van der Waals surface area contributed by atoms with E-state index in [1.54, 1.807) is 11.8 Å². The smallest absolute Gasteiger partial charge is 0.171 e. The fourth-order valence-corrected chi connectivity index (χ4v) is 2.97. The number of benzene rings is 2. The highest BCUT2D eigenvalue weighted by Gasteiger charge is 2.09. The summed E-state index contributed by atoms with van der Waals surface area (Å²) >= 11 is 5.07. The predicted octanol–water partition coefficient (Wildman–Crippen LogP) is 3.69. The molecule has 18 heavy (non-hydrogen) atoms. The molecule has 0 aliphatic carbocycles. The molecule has 0 fully saturated rings. The lowest BCUT2D eigenvalue weighted by molar-refractivity contribution is 0.318. The predicted molar refractivity (Wildman–Crippen MR) is 77.2 cm³/mol. The van der Waals surface area contributed by atoms with Gasteiger partial charge in [0, 0.05) is 19.8 Å². The van der Waals surface area contributed by atoms with Gasteiger partial charge in [-0.15, -0.1) is 0 Å². The van der Waals surface area contributed by atoms with Crippen LogP contribution in [0, 0.1) is 0 Å². The van der Waals surface area contributed by atoms with Crippen LogP contribution in [0.5, 0.6) is 0 Å². The summed E-state index contributed by atoms with van der Waals surface area (Å²) in [6.07, 6.45) is 0. The van der Waals surface area contributed by atoms with Crippen LogP contribution in [0.2, 0.25) is 0 Å². The van der Waals surface area contributed by atoms with Crippen molar-refractivity contribution in [3.05, 3.63) is 58.6 Å². The van der Waals surface area contributed by atoms with Gasteiger partial charge in [0.25, 0.3) is 0 Å². The lowest BCUT2D eigenvalue weighted by atomic mass is 10.2. The molecule has 0 atom stereocenters. The Morgan fingerprint density at radius 2 is 1.67 bits per heavy atom. The Bertz CT molecular complexity index is 587. The maximum Gasteiger partial charge on any atom is 0.171 e. The van der Waals surface area contributed by atoms with Crippen LogP contribution in [0.25, 0.3) is 0 Å². The van der Waals surface area contributed by atoms with Gasteiger partial charge >= 0.3 is 0 Å². The van der Waals surface area contributed by atoms with Gasteiger partial charge in [0.15, 0.2) is 5.84 Å². The molecule has 3 nitrogen and oxygen atoms in total. The Hall–Kier alpha value is -1.46. The average molecular weight is 323 g/mol. The minimum Gasteiger partial charge on any atom is -0.409 e. The van der Waals surface area contributed by atoms with Gasteiger partial charge in [-0.05, 0) is 34.1 Å². The molecule has 5 heteroatoms. The molecule has 2 aromatic rings. The van der Waals surface area contributed by atoms with E-state index in [0.717, 1.165) is 19.8 Å². The van der Waals surface area contributed by atoms with Crippen molar-refractivity contribution in [2.45, 2.75) is 9.79 Å². The molecule has 0 saturated heterocycles. The van der Waals surface area contributed by atoms with Gasteiger partial charge in [0.2, 0.25) is 0 Å². The van der Waals surface area contributed by atoms with Crippen LogP contribution < -0.4 is 5.73 Å². The molecule has 0 aliphatic rings. The van der Waals surface area contributed by atoms with Crippen molar-refractivity contribution in [3.63, 3.8) is 0 Å². The molecule has 0 unspecified atom stereocenters. The molecule has 92 valence electrons. The molecule has 0 heterocycles. The second kappa shape index (κ2) is 5.93. The van der Waals surface area contributed by atoms with E-state index >= 15 is 0 Å². The Kier molecular flexibility index (Phi) is 4.28. The second-order valence-corrected chi connectivity index (χ2v) is 5.45. The first-order chi connectivity index (χ1) is 8.72. The first-order valence-electron chi connectivity index (χ1n) is 5.21. The van der Waals surface area contributed by atoms with Crippen molar-refractivity contribution in [2.24, 2.45) is 10.9 Å². The van der Waals surface area contributed by atoms with Gasteiger partial charge in [-0.3, -0.25) is 0 Å². The van der Waals surface area contributed by atoms with Crippen LogP contribution in [0.4, 0.5) is 0 Å². The Morgan fingerprint density at radius 1 is 1.06 bits per heavy atom. The van der Waals surface area contributed by atoms with Crippen molar-refractivity contribution in [3.8, 4) is 0 Å². The Labute approximate surface area is 118 Å². The Morgan fingerprint density at radius 3 is 2.33 bits per heavy atom. The van der Waals surface area contributed by atoms with E-state index in [0.29, 0.717) is 0 Å². The number of hydrogen-bond donors (Lipinski definition) is 2. The van der Waals surface area contributed by atoms with Crippen molar-refractivity contribution in [1.82, 2.24) is 0 Å². The number of hydrogen-bond acceptors (Lipinski definition) is 3. The summed E-state index contributed by atoms with van der Waals surface area (Å²) in [6, 6.07) is 15.5. The summed E-state index contributed by atoms with van der Waals surface area (Å²) in [5.74, 6) is 0.116. The van der Waals surface area contributed by atoms with Gasteiger partial charge in [0.05, 0.1) is 0 Å². The third-order valence-electron chi connectivity index (χ3n) is 2.33. The SMILES string of the molecule is N/C(=N\O)c1ccccc1Sc1ccccc1Br. The lowest BCUT2D eigenvalue weighted by Gasteiger charge is -2.08. The van der Waals surface area contributed by atoms with Crippen molar-refractivity contribution < 1.29 is 5.21 Å². The van der Waals surface area contributed by atoms with Crippen LogP contribution in [0.3, 0.4) is 0 Å². The molecule has 3 N–H and O–H groups in total. The zero-order chi connectivity index (χ0) is 13.0. The molecular formula is C13H11BrN2OS. The number of rotatable bonds is 3. The maximum absolute atomic E-state index is 8.78. The van der Waals surface area contributed by atoms with Gasteiger partial charge in [-0.2, -0.15) is 0 Å². The van der Waals surface area contributed by atoms with E-state index < -0.39 is 0 Å². The molecule has 0 bridgehead atoms. The molecule has 0 aromatic heterocycles. The minimum atomic E-state index is 0.116. The standard InChI is InChI=1S/C13H11BrN2OS/c14-10-6-2-4-8-12(10)18-11-7-3-1-5-9(11)13(15)16-17/h1-8,17H,(H2,15,16). The summed E-state index contributed by atoms with van der Waals surface area (Å²) in [6.45, 7) is 0. The highest BCUT2D eigenvalue weighted by atomic mass is 79.9. The monoisotopic (exact) mass is 322 g/mol. The summed E-state index contributed by atoms with van der Waals surface area (Å²) in [5.41, 5.74) is 6.38. The molecule has 0 aliphatic heterocycles. The van der Waals surface area contributed by atoms with Crippen molar-refractivity contribution >= 4 is 33.5 Å². The summed E-state index contributed by atoms with van der Waals surface area (Å²) < 4.78 is 1.02. The zero-order valence-electron chi connectivity index (χ0n) is 9.38. The number of nitrogens with zero attached hydrogens (tertiary/aromatic N) is 1. The van der Waals surface area contributed by atoms with E-state index in [1.807, 2.05) is 48.5 Å². The number of nitrogens with two attached hydrogens (primary N) is 1.